The van der Waals surface area contributed by atoms with Crippen molar-refractivity contribution in [2.24, 2.45) is 5.92 Å². The predicted octanol–water partition coefficient (Wildman–Crippen LogP) is 5.56. The Balaban J connectivity index is 1.52. The number of amides is 1. The summed E-state index contributed by atoms with van der Waals surface area (Å²) >= 11 is 0. The molecule has 3 heterocycles. The maximum atomic E-state index is 14.9. The first-order valence-corrected chi connectivity index (χ1v) is 13.8. The van der Waals surface area contributed by atoms with Crippen molar-refractivity contribution in [1.29, 1.82) is 0 Å². The topological polar surface area (TPSA) is 84.9 Å². The summed E-state index contributed by atoms with van der Waals surface area (Å²) in [6.07, 6.45) is 3.96. The molecular formula is C35H28N2O5. The number of fused-ring (bicyclic) bond motifs is 6. The molecule has 7 heteroatoms. The Morgan fingerprint density at radius 1 is 0.786 bits per heavy atom. The fourth-order valence-electron chi connectivity index (χ4n) is 7.00. The van der Waals surface area contributed by atoms with Crippen molar-refractivity contribution in [2.75, 3.05) is 24.4 Å². The molecule has 4 aromatic rings. The number of carbonyl (C=O) groups is 3. The first-order chi connectivity index (χ1) is 20.5. The molecule has 1 spiro atoms. The van der Waals surface area contributed by atoms with Crippen LogP contribution in [0.2, 0.25) is 0 Å². The van der Waals surface area contributed by atoms with Gasteiger partial charge in [0.25, 0.3) is 0 Å². The van der Waals surface area contributed by atoms with E-state index in [0.29, 0.717) is 33.9 Å². The molecule has 7 rings (SSSR count). The molecule has 1 amide bonds. The lowest BCUT2D eigenvalue weighted by Crippen LogP contribution is -2.51. The number of Topliss-reactive ketones (excluding diaryl/α,β-unsaturated/α-hetero) is 2. The number of rotatable bonds is 6. The zero-order chi connectivity index (χ0) is 29.0. The predicted molar refractivity (Wildman–Crippen MR) is 160 cm³/mol. The molecule has 7 nitrogen and oxygen atoms in total. The van der Waals surface area contributed by atoms with E-state index in [2.05, 4.69) is 5.32 Å². The molecule has 4 atom stereocenters. The van der Waals surface area contributed by atoms with Gasteiger partial charge in [0.05, 0.1) is 26.2 Å². The van der Waals surface area contributed by atoms with E-state index in [1.807, 2.05) is 65.6 Å². The van der Waals surface area contributed by atoms with Crippen LogP contribution in [-0.4, -0.2) is 43.8 Å². The number of ether oxygens (including phenoxy) is 2. The van der Waals surface area contributed by atoms with Gasteiger partial charge in [-0.1, -0.05) is 60.7 Å². The number of nitrogens with one attached hydrogen (secondary N) is 1. The Morgan fingerprint density at radius 3 is 2.31 bits per heavy atom. The third kappa shape index (κ3) is 3.56. The van der Waals surface area contributed by atoms with Crippen LogP contribution in [0.1, 0.15) is 31.8 Å². The molecule has 208 valence electrons. The lowest BCUT2D eigenvalue weighted by Gasteiger charge is -2.37. The van der Waals surface area contributed by atoms with Gasteiger partial charge in [0, 0.05) is 22.5 Å². The molecule has 3 aliphatic rings. The molecular weight excluding hydrogens is 528 g/mol. The van der Waals surface area contributed by atoms with Crippen molar-refractivity contribution in [1.82, 2.24) is 0 Å². The number of benzene rings is 4. The van der Waals surface area contributed by atoms with Crippen LogP contribution in [0.5, 0.6) is 11.5 Å². The molecule has 1 saturated heterocycles. The summed E-state index contributed by atoms with van der Waals surface area (Å²) in [7, 11) is 3.11. The third-order valence-electron chi connectivity index (χ3n) is 8.82. The largest absolute Gasteiger partial charge is 0.497 e. The molecule has 0 radical (unpaired) electrons. The molecule has 4 unspecified atom stereocenters. The summed E-state index contributed by atoms with van der Waals surface area (Å²) in [6, 6.07) is 27.5. The highest BCUT2D eigenvalue weighted by atomic mass is 16.5. The number of hydrogen-bond acceptors (Lipinski definition) is 6. The van der Waals surface area contributed by atoms with Gasteiger partial charge in [-0.3, -0.25) is 14.4 Å². The fourth-order valence-corrected chi connectivity index (χ4v) is 7.00. The molecule has 0 aromatic heterocycles. The first-order valence-electron chi connectivity index (χ1n) is 13.8. The Labute approximate surface area is 243 Å². The van der Waals surface area contributed by atoms with Crippen molar-refractivity contribution in [2.45, 2.75) is 17.5 Å². The zero-order valence-electron chi connectivity index (χ0n) is 23.1. The van der Waals surface area contributed by atoms with Gasteiger partial charge in [0.15, 0.2) is 11.6 Å². The Bertz CT molecular complexity index is 1780. The van der Waals surface area contributed by atoms with Crippen molar-refractivity contribution in [3.8, 4) is 11.5 Å². The van der Waals surface area contributed by atoms with Gasteiger partial charge in [0.2, 0.25) is 5.91 Å². The lowest BCUT2D eigenvalue weighted by atomic mass is 9.64. The molecule has 0 saturated carbocycles. The Morgan fingerprint density at radius 2 is 1.52 bits per heavy atom. The lowest BCUT2D eigenvalue weighted by molar-refractivity contribution is -0.121. The highest BCUT2D eigenvalue weighted by molar-refractivity contribution is 6.18. The van der Waals surface area contributed by atoms with Crippen LogP contribution >= 0.6 is 0 Å². The summed E-state index contributed by atoms with van der Waals surface area (Å²) in [5.74, 6) is -0.759. The minimum absolute atomic E-state index is 0.247. The maximum absolute atomic E-state index is 14.9. The second kappa shape index (κ2) is 9.73. The van der Waals surface area contributed by atoms with Gasteiger partial charge in [-0.05, 0) is 59.7 Å². The summed E-state index contributed by atoms with van der Waals surface area (Å²) in [6.45, 7) is 0. The normalized spacial score (nSPS) is 23.1. The van der Waals surface area contributed by atoms with Crippen LogP contribution in [0.15, 0.2) is 103 Å². The van der Waals surface area contributed by atoms with Gasteiger partial charge in [0.1, 0.15) is 23.0 Å². The number of anilines is 2. The quantitative estimate of drug-likeness (QED) is 0.313. The van der Waals surface area contributed by atoms with E-state index in [9.17, 15) is 14.4 Å². The monoisotopic (exact) mass is 556 g/mol. The Hall–Kier alpha value is -5.17. The Kier molecular flexibility index (Phi) is 5.97. The number of carbonyl (C=O) groups excluding carboxylic acids is 3. The van der Waals surface area contributed by atoms with E-state index in [4.69, 9.17) is 9.47 Å². The summed E-state index contributed by atoms with van der Waals surface area (Å²) < 4.78 is 10.8. The van der Waals surface area contributed by atoms with Gasteiger partial charge in [-0.15, -0.1) is 0 Å². The highest BCUT2D eigenvalue weighted by Crippen LogP contribution is 2.58. The average molecular weight is 557 g/mol. The van der Waals surface area contributed by atoms with E-state index in [0.717, 1.165) is 11.3 Å². The zero-order valence-corrected chi connectivity index (χ0v) is 23.1. The fraction of sp³-hybridized carbons (Fsp3) is 0.171. The summed E-state index contributed by atoms with van der Waals surface area (Å²) in [5.41, 5.74) is 2.51. The van der Waals surface area contributed by atoms with Gasteiger partial charge >= 0.3 is 0 Å². The van der Waals surface area contributed by atoms with E-state index >= 15 is 0 Å². The average Bonchev–Trinajstić information content (AvgIpc) is 3.52. The van der Waals surface area contributed by atoms with E-state index in [1.165, 1.54) is 0 Å². The van der Waals surface area contributed by atoms with Crippen LogP contribution in [0.4, 0.5) is 11.4 Å². The molecule has 1 fully saturated rings. The first kappa shape index (κ1) is 25.8. The molecule has 0 aliphatic carbocycles. The second-order valence-corrected chi connectivity index (χ2v) is 10.8. The number of para-hydroxylation sites is 2. The van der Waals surface area contributed by atoms with Crippen molar-refractivity contribution in [3.63, 3.8) is 0 Å². The number of methoxy groups -OCH3 is 2. The van der Waals surface area contributed by atoms with E-state index < -0.39 is 23.4 Å². The standard InChI is InChI=1S/C35H28N2O5/c1-41-24-17-14-22(15-18-24)33(39)31-30(32(38)23-9-7-10-25(20-23)42-2)35(26-11-4-5-12-27(26)36-34(35)40)29-19-16-21-8-3-6-13-28(21)37(29)31/h3-20,29-31H,1-2H3,(H,36,40). The summed E-state index contributed by atoms with van der Waals surface area (Å²) in [4.78, 5) is 46.0. The smallest absolute Gasteiger partial charge is 0.238 e. The maximum Gasteiger partial charge on any atom is 0.238 e. The number of nitrogens with zero attached hydrogens (tertiary/aromatic N) is 1. The van der Waals surface area contributed by atoms with Crippen molar-refractivity contribution < 1.29 is 23.9 Å². The van der Waals surface area contributed by atoms with Crippen LogP contribution in [0.3, 0.4) is 0 Å². The molecule has 3 aliphatic heterocycles. The third-order valence-corrected chi connectivity index (χ3v) is 8.82. The van der Waals surface area contributed by atoms with Crippen LogP contribution in [-0.2, 0) is 10.2 Å². The minimum Gasteiger partial charge on any atom is -0.497 e. The minimum atomic E-state index is -1.37. The molecule has 4 aromatic carbocycles. The SMILES string of the molecule is COc1ccc(C(=O)C2C(C(=O)c3cccc(OC)c3)C3(C(=O)Nc4ccccc43)C3C=Cc4ccccc4N23)cc1. The molecule has 42 heavy (non-hydrogen) atoms. The van der Waals surface area contributed by atoms with E-state index in [1.54, 1.807) is 62.8 Å². The number of hydrogen-bond donors (Lipinski definition) is 1. The van der Waals surface area contributed by atoms with Crippen LogP contribution in [0, 0.1) is 5.92 Å². The van der Waals surface area contributed by atoms with Gasteiger partial charge < -0.3 is 19.7 Å². The number of ketones is 2. The van der Waals surface area contributed by atoms with E-state index in [-0.39, 0.29) is 17.5 Å². The van der Waals surface area contributed by atoms with Crippen LogP contribution < -0.4 is 19.7 Å². The van der Waals surface area contributed by atoms with Gasteiger partial charge in [-0.2, -0.15) is 0 Å². The van der Waals surface area contributed by atoms with Crippen molar-refractivity contribution in [3.05, 3.63) is 125 Å². The van der Waals surface area contributed by atoms with Crippen molar-refractivity contribution >= 4 is 34.9 Å². The second-order valence-electron chi connectivity index (χ2n) is 10.8. The molecule has 0 bridgehead atoms. The molecule has 1 N–H and O–H groups in total. The van der Waals surface area contributed by atoms with Gasteiger partial charge in [-0.25, -0.2) is 0 Å². The highest BCUT2D eigenvalue weighted by Gasteiger charge is 2.70. The van der Waals surface area contributed by atoms with Crippen LogP contribution in [0.25, 0.3) is 6.08 Å². The summed E-state index contributed by atoms with van der Waals surface area (Å²) in [5, 5.41) is 3.06.